The summed E-state index contributed by atoms with van der Waals surface area (Å²) in [5, 5.41) is 2.26. The van der Waals surface area contributed by atoms with Crippen molar-refractivity contribution in [3.05, 3.63) is 30.0 Å². The molecule has 2 atom stereocenters. The number of para-hydroxylation sites is 1. The Bertz CT molecular complexity index is 623. The van der Waals surface area contributed by atoms with Crippen molar-refractivity contribution in [2.75, 3.05) is 26.0 Å². The number of rotatable bonds is 3. The van der Waals surface area contributed by atoms with E-state index in [1.807, 2.05) is 12.1 Å². The number of nitrogens with two attached hydrogens (primary N) is 1. The van der Waals surface area contributed by atoms with Gasteiger partial charge in [-0.25, -0.2) is 5.43 Å². The summed E-state index contributed by atoms with van der Waals surface area (Å²) in [6.07, 6.45) is 8.24. The van der Waals surface area contributed by atoms with Crippen molar-refractivity contribution in [3.63, 3.8) is 0 Å². The van der Waals surface area contributed by atoms with Crippen molar-refractivity contribution in [1.29, 1.82) is 0 Å². The monoisotopic (exact) mass is 315 g/mol. The van der Waals surface area contributed by atoms with Gasteiger partial charge < -0.3 is 20.2 Å². The highest BCUT2D eigenvalue weighted by molar-refractivity contribution is 5.77. The van der Waals surface area contributed by atoms with Crippen LogP contribution in [0.2, 0.25) is 0 Å². The molecule has 3 aliphatic rings. The second-order valence-electron chi connectivity index (χ2n) is 6.75. The molecule has 1 saturated carbocycles. The molecule has 124 valence electrons. The van der Waals surface area contributed by atoms with Gasteiger partial charge in [-0.3, -0.25) is 0 Å². The van der Waals surface area contributed by atoms with Gasteiger partial charge in [-0.15, -0.1) is 0 Å². The number of hydrogen-bond donors (Lipinski definition) is 2. The third-order valence-corrected chi connectivity index (χ3v) is 5.51. The van der Waals surface area contributed by atoms with Crippen LogP contribution in [0.1, 0.15) is 37.7 Å². The molecule has 0 aromatic heterocycles. The highest BCUT2D eigenvalue weighted by atomic mass is 16.5. The van der Waals surface area contributed by atoms with Gasteiger partial charge in [0, 0.05) is 24.9 Å². The minimum absolute atomic E-state index is 0.0665. The van der Waals surface area contributed by atoms with Gasteiger partial charge in [0.15, 0.2) is 0 Å². The minimum atomic E-state index is 0.0665. The van der Waals surface area contributed by atoms with E-state index < -0.39 is 0 Å². The highest BCUT2D eigenvalue weighted by Crippen LogP contribution is 2.46. The van der Waals surface area contributed by atoms with E-state index in [4.69, 9.17) is 15.2 Å². The van der Waals surface area contributed by atoms with E-state index in [1.165, 1.54) is 37.7 Å². The molecule has 5 heteroatoms. The Morgan fingerprint density at radius 1 is 1.35 bits per heavy atom. The van der Waals surface area contributed by atoms with Crippen LogP contribution in [0.4, 0.5) is 5.69 Å². The number of benzene rings is 1. The van der Waals surface area contributed by atoms with Crippen LogP contribution in [0.5, 0.6) is 5.75 Å². The molecule has 0 amide bonds. The van der Waals surface area contributed by atoms with E-state index in [1.54, 1.807) is 7.11 Å². The van der Waals surface area contributed by atoms with Crippen LogP contribution in [0.15, 0.2) is 24.4 Å². The molecule has 5 nitrogen and oxygen atoms in total. The Hall–Kier alpha value is -1.72. The minimum Gasteiger partial charge on any atom is -0.494 e. The SMILES string of the molecule is COc1c(N)cccc1C1=CN(C2CC[C@]23CCCCO3)NC1. The summed E-state index contributed by atoms with van der Waals surface area (Å²) in [5.41, 5.74) is 12.6. The van der Waals surface area contributed by atoms with Crippen molar-refractivity contribution in [2.24, 2.45) is 0 Å². The molecule has 1 spiro atoms. The lowest BCUT2D eigenvalue weighted by molar-refractivity contribution is -0.178. The number of nitrogens with one attached hydrogen (secondary N) is 1. The first-order chi connectivity index (χ1) is 11.2. The highest BCUT2D eigenvalue weighted by Gasteiger charge is 2.51. The fourth-order valence-corrected chi connectivity index (χ4v) is 4.16. The molecular weight excluding hydrogens is 290 g/mol. The standard InChI is InChI=1S/C18H25N3O2/c1-22-17-14(5-4-6-15(17)19)13-11-20-21(12-13)16-7-9-18(16)8-2-3-10-23-18/h4-6,12,16,20H,2-3,7-11,19H2,1H3/t16?,18-/m1/s1. The van der Waals surface area contributed by atoms with E-state index in [2.05, 4.69) is 22.7 Å². The van der Waals surface area contributed by atoms with Gasteiger partial charge in [-0.05, 0) is 43.7 Å². The summed E-state index contributed by atoms with van der Waals surface area (Å²) in [6, 6.07) is 6.36. The van der Waals surface area contributed by atoms with E-state index in [0.29, 0.717) is 11.7 Å². The molecule has 1 aliphatic carbocycles. The number of nitrogen functional groups attached to an aromatic ring is 1. The average Bonchev–Trinajstić information content (AvgIpc) is 3.03. The van der Waals surface area contributed by atoms with Crippen molar-refractivity contribution in [1.82, 2.24) is 10.4 Å². The quantitative estimate of drug-likeness (QED) is 0.840. The zero-order chi connectivity index (χ0) is 15.9. The van der Waals surface area contributed by atoms with Gasteiger partial charge in [0.25, 0.3) is 0 Å². The molecule has 0 radical (unpaired) electrons. The summed E-state index contributed by atoms with van der Waals surface area (Å²) in [5.74, 6) is 0.764. The zero-order valence-corrected chi connectivity index (χ0v) is 13.7. The number of hydrogen-bond acceptors (Lipinski definition) is 5. The Labute approximate surface area is 137 Å². The molecule has 4 rings (SSSR count). The Morgan fingerprint density at radius 2 is 2.26 bits per heavy atom. The number of ether oxygens (including phenoxy) is 2. The molecule has 2 heterocycles. The van der Waals surface area contributed by atoms with Crippen LogP contribution >= 0.6 is 0 Å². The first-order valence-electron chi connectivity index (χ1n) is 8.53. The molecule has 0 bridgehead atoms. The van der Waals surface area contributed by atoms with Crippen molar-refractivity contribution in [2.45, 2.75) is 43.7 Å². The van der Waals surface area contributed by atoms with E-state index >= 15 is 0 Å². The molecule has 3 N–H and O–H groups in total. The summed E-state index contributed by atoms with van der Waals surface area (Å²) in [6.45, 7) is 1.70. The maximum atomic E-state index is 6.18. The second kappa shape index (κ2) is 5.73. The predicted octanol–water partition coefficient (Wildman–Crippen LogP) is 2.54. The second-order valence-corrected chi connectivity index (χ2v) is 6.75. The van der Waals surface area contributed by atoms with Gasteiger partial charge in [0.1, 0.15) is 5.75 Å². The van der Waals surface area contributed by atoms with Crippen LogP contribution in [-0.4, -0.2) is 36.9 Å². The summed E-state index contributed by atoms with van der Waals surface area (Å²) >= 11 is 0. The Balaban J connectivity index is 1.57. The van der Waals surface area contributed by atoms with E-state index in [9.17, 15) is 0 Å². The van der Waals surface area contributed by atoms with Gasteiger partial charge in [-0.2, -0.15) is 0 Å². The summed E-state index contributed by atoms with van der Waals surface area (Å²) in [4.78, 5) is 0. The number of nitrogens with zero attached hydrogens (tertiary/aromatic N) is 1. The predicted molar refractivity (Wildman–Crippen MR) is 90.8 cm³/mol. The van der Waals surface area contributed by atoms with Crippen molar-refractivity contribution >= 4 is 11.3 Å². The topological polar surface area (TPSA) is 59.8 Å². The average molecular weight is 315 g/mol. The molecule has 1 unspecified atom stereocenters. The van der Waals surface area contributed by atoms with E-state index in [0.717, 1.165) is 24.5 Å². The summed E-state index contributed by atoms with van der Waals surface area (Å²) in [7, 11) is 1.67. The van der Waals surface area contributed by atoms with Crippen LogP contribution in [0.25, 0.3) is 5.57 Å². The van der Waals surface area contributed by atoms with Crippen molar-refractivity contribution < 1.29 is 9.47 Å². The normalized spacial score (nSPS) is 30.2. The van der Waals surface area contributed by atoms with Crippen LogP contribution in [0.3, 0.4) is 0 Å². The largest absolute Gasteiger partial charge is 0.494 e. The molecule has 1 aromatic carbocycles. The van der Waals surface area contributed by atoms with Gasteiger partial charge >= 0.3 is 0 Å². The molecule has 2 fully saturated rings. The van der Waals surface area contributed by atoms with Gasteiger partial charge in [0.05, 0.1) is 24.4 Å². The fourth-order valence-electron chi connectivity index (χ4n) is 4.16. The van der Waals surface area contributed by atoms with Gasteiger partial charge in [0.2, 0.25) is 0 Å². The maximum absolute atomic E-state index is 6.18. The van der Waals surface area contributed by atoms with Crippen LogP contribution in [-0.2, 0) is 4.74 Å². The molecule has 2 aliphatic heterocycles. The molecule has 1 saturated heterocycles. The number of methoxy groups -OCH3 is 1. The smallest absolute Gasteiger partial charge is 0.149 e. The summed E-state index contributed by atoms with van der Waals surface area (Å²) < 4.78 is 11.7. The maximum Gasteiger partial charge on any atom is 0.149 e. The number of hydrazine groups is 1. The van der Waals surface area contributed by atoms with Gasteiger partial charge in [-0.1, -0.05) is 12.1 Å². The molecule has 1 aromatic rings. The van der Waals surface area contributed by atoms with Crippen LogP contribution < -0.4 is 15.9 Å². The van der Waals surface area contributed by atoms with Crippen molar-refractivity contribution in [3.8, 4) is 5.75 Å². The Morgan fingerprint density at radius 3 is 2.96 bits per heavy atom. The lowest BCUT2D eigenvalue weighted by Gasteiger charge is -2.54. The Kier molecular flexibility index (Phi) is 3.70. The molecule has 23 heavy (non-hydrogen) atoms. The van der Waals surface area contributed by atoms with E-state index in [-0.39, 0.29) is 5.60 Å². The van der Waals surface area contributed by atoms with Crippen LogP contribution in [0, 0.1) is 0 Å². The third-order valence-electron chi connectivity index (χ3n) is 5.51. The lowest BCUT2D eigenvalue weighted by Crippen LogP contribution is -2.63. The fraction of sp³-hybridized carbons (Fsp3) is 0.556. The zero-order valence-electron chi connectivity index (χ0n) is 13.7. The first-order valence-corrected chi connectivity index (χ1v) is 8.53. The molecular formula is C18H25N3O2. The lowest BCUT2D eigenvalue weighted by atomic mass is 9.70. The first kappa shape index (κ1) is 14.8. The third kappa shape index (κ3) is 2.39. The number of anilines is 1.